The molecular formula is H2ClLiNO3Pd-. The third-order valence-electron chi connectivity index (χ3n) is 0. The van der Waals surface area contributed by atoms with Gasteiger partial charge >= 0.3 is 18.9 Å². The van der Waals surface area contributed by atoms with Gasteiger partial charge in [-0.05, 0) is 0 Å². The van der Waals surface area contributed by atoms with Crippen molar-refractivity contribution in [1.82, 2.24) is 0 Å². The Labute approximate surface area is 72.0 Å². The van der Waals surface area contributed by atoms with Gasteiger partial charge in [-0.3, -0.25) is 0 Å². The van der Waals surface area contributed by atoms with Crippen LogP contribution in [0.4, 0.5) is 0 Å². The zero-order chi connectivity index (χ0) is 3.58. The molecular weight excluding hydrogens is 211 g/mol. The molecule has 0 saturated heterocycles. The van der Waals surface area contributed by atoms with Gasteiger partial charge in [0.05, 0.1) is 5.09 Å². The van der Waals surface area contributed by atoms with Gasteiger partial charge in [-0.1, -0.05) is 0 Å². The Morgan fingerprint density at radius 2 is 1.29 bits per heavy atom. The Hall–Kier alpha value is 0.750. The van der Waals surface area contributed by atoms with E-state index >= 15 is 0 Å². The molecule has 0 heterocycles. The van der Waals surface area contributed by atoms with Crippen LogP contribution < -0.4 is 0 Å². The quantitative estimate of drug-likeness (QED) is 0.310. The maximum absolute atomic E-state index is 8.25. The van der Waals surface area contributed by atoms with Gasteiger partial charge in [-0.25, -0.2) is 0 Å². The standard InChI is InChI=1S/ClH.Li.NO3.Pd.H/c;;2-1(3)4;;/h1H;;;;/q;;-1;;. The van der Waals surface area contributed by atoms with Gasteiger partial charge in [0.15, 0.2) is 0 Å². The van der Waals surface area contributed by atoms with Crippen molar-refractivity contribution in [2.45, 2.75) is 0 Å². The van der Waals surface area contributed by atoms with Gasteiger partial charge in [-0.15, -0.1) is 12.4 Å². The second-order valence-corrected chi connectivity index (χ2v) is 0.224. The zero-order valence-electron chi connectivity index (χ0n) is 2.40. The van der Waals surface area contributed by atoms with Crippen molar-refractivity contribution in [2.24, 2.45) is 0 Å². The summed E-state index contributed by atoms with van der Waals surface area (Å²) in [6.07, 6.45) is 0. The molecule has 0 fully saturated rings. The Balaban J connectivity index is -0.0000000150. The number of hydrogen-bond acceptors (Lipinski definition) is 3. The molecule has 0 aromatic carbocycles. The average molecular weight is 213 g/mol. The van der Waals surface area contributed by atoms with E-state index < -0.39 is 5.09 Å². The van der Waals surface area contributed by atoms with Gasteiger partial charge in [0.2, 0.25) is 0 Å². The molecule has 0 unspecified atom stereocenters. The first-order chi connectivity index (χ1) is 1.73. The summed E-state index contributed by atoms with van der Waals surface area (Å²) in [5.74, 6) is 0. The molecule has 4 nitrogen and oxygen atoms in total. The summed E-state index contributed by atoms with van der Waals surface area (Å²) in [6.45, 7) is 0. The van der Waals surface area contributed by atoms with E-state index in [0.717, 1.165) is 0 Å². The first-order valence-corrected chi connectivity index (χ1v) is 0.548. The summed E-state index contributed by atoms with van der Waals surface area (Å²) in [7, 11) is 0. The van der Waals surface area contributed by atoms with Crippen molar-refractivity contribution >= 4 is 31.3 Å². The molecule has 0 rings (SSSR count). The van der Waals surface area contributed by atoms with Crippen LogP contribution >= 0.6 is 12.4 Å². The summed E-state index contributed by atoms with van der Waals surface area (Å²) in [6, 6.07) is 0. The summed E-state index contributed by atoms with van der Waals surface area (Å²) in [4.78, 5) is 8.25. The maximum atomic E-state index is 8.25. The van der Waals surface area contributed by atoms with Gasteiger partial charge in [0, 0.05) is 20.4 Å². The number of rotatable bonds is 0. The van der Waals surface area contributed by atoms with Crippen LogP contribution in [0.25, 0.3) is 0 Å². The summed E-state index contributed by atoms with van der Waals surface area (Å²) in [5.41, 5.74) is 0. The average Bonchev–Trinajstić information content (AvgIpc) is 0.811. The van der Waals surface area contributed by atoms with E-state index in [1.165, 1.54) is 0 Å². The molecule has 0 saturated carbocycles. The van der Waals surface area contributed by atoms with Crippen LogP contribution in [-0.4, -0.2) is 23.9 Å². The summed E-state index contributed by atoms with van der Waals surface area (Å²) >= 11 is 0. The molecule has 0 aromatic rings. The third kappa shape index (κ3) is 271. The molecule has 0 bridgehead atoms. The van der Waals surface area contributed by atoms with Crippen molar-refractivity contribution in [3.8, 4) is 0 Å². The number of nitrogens with zero attached hydrogens (tertiary/aromatic N) is 1. The van der Waals surface area contributed by atoms with E-state index in [4.69, 9.17) is 15.3 Å². The SMILES string of the molecule is Cl.O=[N+]([O-])[O-].[LiH].[Pd]. The Kier molecular flexibility index (Phi) is 56.9. The van der Waals surface area contributed by atoms with E-state index in [9.17, 15) is 0 Å². The Morgan fingerprint density at radius 1 is 1.29 bits per heavy atom. The molecule has 0 aliphatic heterocycles. The van der Waals surface area contributed by atoms with Crippen LogP contribution in [-0.2, 0) is 20.4 Å². The Bertz CT molecular complexity index is 37.9. The second kappa shape index (κ2) is 15.9. The fourth-order valence-electron chi connectivity index (χ4n) is 0. The minimum atomic E-state index is -1.75. The summed E-state index contributed by atoms with van der Waals surface area (Å²) < 4.78 is 0. The smallest absolute Gasteiger partial charge is 0 e. The number of hydrogen-bond donors (Lipinski definition) is 0. The normalized spacial score (nSPS) is 3.43. The van der Waals surface area contributed by atoms with Crippen molar-refractivity contribution in [2.75, 3.05) is 0 Å². The predicted molar refractivity (Wildman–Crippen MR) is 24.8 cm³/mol. The topological polar surface area (TPSA) is 66.2 Å². The Morgan fingerprint density at radius 3 is 1.29 bits per heavy atom. The minimum absolute atomic E-state index is 0. The molecule has 0 N–H and O–H groups in total. The van der Waals surface area contributed by atoms with Crippen LogP contribution in [0.1, 0.15) is 0 Å². The second-order valence-electron chi connectivity index (χ2n) is 0.224. The van der Waals surface area contributed by atoms with E-state index in [1.54, 1.807) is 0 Å². The molecule has 0 spiro atoms. The van der Waals surface area contributed by atoms with Gasteiger partial charge in [0.1, 0.15) is 0 Å². The fourth-order valence-corrected chi connectivity index (χ4v) is 0. The molecule has 7 heavy (non-hydrogen) atoms. The van der Waals surface area contributed by atoms with Crippen molar-refractivity contribution in [3.63, 3.8) is 0 Å². The molecule has 0 aliphatic rings. The zero-order valence-corrected chi connectivity index (χ0v) is 4.77. The van der Waals surface area contributed by atoms with E-state index in [2.05, 4.69) is 0 Å². The molecule has 44 valence electrons. The largest absolute Gasteiger partial charge is 0 e. The molecule has 7 heteroatoms. The van der Waals surface area contributed by atoms with Crippen LogP contribution in [0.5, 0.6) is 0 Å². The van der Waals surface area contributed by atoms with Crippen LogP contribution in [0.3, 0.4) is 0 Å². The van der Waals surface area contributed by atoms with Crippen molar-refractivity contribution in [3.05, 3.63) is 15.3 Å². The number of halogens is 1. The molecule has 0 aliphatic carbocycles. The molecule has 0 atom stereocenters. The van der Waals surface area contributed by atoms with Crippen molar-refractivity contribution in [1.29, 1.82) is 0 Å². The molecule has 0 radical (unpaired) electrons. The molecule has 0 aromatic heterocycles. The van der Waals surface area contributed by atoms with Gasteiger partial charge in [0.25, 0.3) is 0 Å². The van der Waals surface area contributed by atoms with E-state index in [-0.39, 0.29) is 51.7 Å². The third-order valence-corrected chi connectivity index (χ3v) is 0. The molecule has 0 amide bonds. The minimum Gasteiger partial charge on any atom is 0 e. The van der Waals surface area contributed by atoms with Crippen molar-refractivity contribution < 1.29 is 25.5 Å². The first kappa shape index (κ1) is 25.1. The monoisotopic (exact) mass is 212 g/mol. The van der Waals surface area contributed by atoms with E-state index in [0.29, 0.717) is 0 Å². The van der Waals surface area contributed by atoms with Gasteiger partial charge in [-0.2, -0.15) is 0 Å². The summed E-state index contributed by atoms with van der Waals surface area (Å²) in [5, 5.41) is 14.8. The van der Waals surface area contributed by atoms with Crippen LogP contribution in [0, 0.1) is 15.3 Å². The fraction of sp³-hybridized carbons (Fsp3) is 0. The predicted octanol–water partition coefficient (Wildman–Crippen LogP) is -0.468. The maximum Gasteiger partial charge on any atom is 0 e. The van der Waals surface area contributed by atoms with Gasteiger partial charge < -0.3 is 15.3 Å². The first-order valence-electron chi connectivity index (χ1n) is 0.548. The van der Waals surface area contributed by atoms with Crippen LogP contribution in [0.15, 0.2) is 0 Å². The van der Waals surface area contributed by atoms with E-state index in [1.807, 2.05) is 0 Å². The van der Waals surface area contributed by atoms with Crippen LogP contribution in [0.2, 0.25) is 0 Å².